The van der Waals surface area contributed by atoms with Crippen molar-refractivity contribution in [2.45, 2.75) is 50.7 Å². The van der Waals surface area contributed by atoms with Crippen LogP contribution in [0.4, 0.5) is 9.18 Å². The van der Waals surface area contributed by atoms with E-state index in [-0.39, 0.29) is 17.9 Å². The number of carbonyl (C=O) groups excluding carboxylic acids is 1. The molecule has 126 valence electrons. The highest BCUT2D eigenvalue weighted by Gasteiger charge is 2.36. The fraction of sp³-hybridized carbons (Fsp3) is 0.611. The van der Waals surface area contributed by atoms with Gasteiger partial charge in [0.25, 0.3) is 0 Å². The molecule has 0 unspecified atom stereocenters. The number of urea groups is 1. The molecule has 1 aliphatic heterocycles. The third kappa shape index (κ3) is 5.20. The summed E-state index contributed by atoms with van der Waals surface area (Å²) in [5.41, 5.74) is 0.962. The van der Waals surface area contributed by atoms with E-state index in [1.807, 2.05) is 6.07 Å². The van der Waals surface area contributed by atoms with Gasteiger partial charge in [-0.1, -0.05) is 12.1 Å². The quantitative estimate of drug-likeness (QED) is 0.792. The van der Waals surface area contributed by atoms with Gasteiger partial charge in [-0.2, -0.15) is 0 Å². The number of amides is 2. The van der Waals surface area contributed by atoms with Crippen LogP contribution in [0.2, 0.25) is 0 Å². The van der Waals surface area contributed by atoms with Gasteiger partial charge >= 0.3 is 6.03 Å². The van der Waals surface area contributed by atoms with E-state index in [0.717, 1.165) is 37.9 Å². The lowest BCUT2D eigenvalue weighted by molar-refractivity contribution is -0.00913. The van der Waals surface area contributed by atoms with Crippen LogP contribution < -0.4 is 10.6 Å². The highest BCUT2D eigenvalue weighted by atomic mass is 19.1. The topological polar surface area (TPSA) is 50.4 Å². The molecule has 5 heteroatoms. The lowest BCUT2D eigenvalue weighted by atomic mass is 10.0. The van der Waals surface area contributed by atoms with Gasteiger partial charge in [-0.25, -0.2) is 9.18 Å². The Morgan fingerprint density at radius 2 is 2.17 bits per heavy atom. The van der Waals surface area contributed by atoms with Crippen molar-refractivity contribution >= 4 is 6.03 Å². The summed E-state index contributed by atoms with van der Waals surface area (Å²) in [4.78, 5) is 11.9. The molecule has 2 aliphatic rings. The van der Waals surface area contributed by atoms with Crippen LogP contribution in [0.5, 0.6) is 0 Å². The summed E-state index contributed by atoms with van der Waals surface area (Å²) in [6.07, 6.45) is 6.25. The molecule has 23 heavy (non-hydrogen) atoms. The van der Waals surface area contributed by atoms with Crippen molar-refractivity contribution in [2.75, 3.05) is 13.2 Å². The van der Waals surface area contributed by atoms with Gasteiger partial charge < -0.3 is 15.4 Å². The third-order valence-corrected chi connectivity index (χ3v) is 4.61. The standard InChI is InChI=1S/C18H25FN2O2/c19-15-5-1-3-13(11-15)4-2-9-20-18(22)21-16-8-10-23-17(12-16)14-6-7-14/h1,3,5,11,14,16-17H,2,4,6-10,12H2,(H2,20,21,22)/t16-,17-/m0/s1. The smallest absolute Gasteiger partial charge is 0.315 e. The first-order valence-corrected chi connectivity index (χ1v) is 8.61. The molecule has 1 aliphatic carbocycles. The van der Waals surface area contributed by atoms with E-state index in [9.17, 15) is 9.18 Å². The molecular weight excluding hydrogens is 295 g/mol. The van der Waals surface area contributed by atoms with E-state index >= 15 is 0 Å². The monoisotopic (exact) mass is 320 g/mol. The average molecular weight is 320 g/mol. The number of carbonyl (C=O) groups is 1. The number of halogens is 1. The highest BCUT2D eigenvalue weighted by molar-refractivity contribution is 5.74. The van der Waals surface area contributed by atoms with Gasteiger partial charge in [0.05, 0.1) is 6.10 Å². The van der Waals surface area contributed by atoms with Crippen LogP contribution >= 0.6 is 0 Å². The summed E-state index contributed by atoms with van der Waals surface area (Å²) in [6.45, 7) is 1.34. The van der Waals surface area contributed by atoms with Gasteiger partial charge in [0.15, 0.2) is 0 Å². The van der Waals surface area contributed by atoms with Crippen LogP contribution in [0.15, 0.2) is 24.3 Å². The maximum absolute atomic E-state index is 13.1. The molecule has 0 spiro atoms. The minimum atomic E-state index is -0.210. The Morgan fingerprint density at radius 1 is 1.30 bits per heavy atom. The number of rotatable bonds is 6. The van der Waals surface area contributed by atoms with E-state index in [1.165, 1.54) is 18.9 Å². The molecule has 1 heterocycles. The molecular formula is C18H25FN2O2. The first-order chi connectivity index (χ1) is 11.2. The maximum Gasteiger partial charge on any atom is 0.315 e. The molecule has 2 amide bonds. The van der Waals surface area contributed by atoms with Crippen molar-refractivity contribution in [1.82, 2.24) is 10.6 Å². The molecule has 2 fully saturated rings. The zero-order valence-electron chi connectivity index (χ0n) is 13.4. The van der Waals surface area contributed by atoms with Crippen molar-refractivity contribution in [3.05, 3.63) is 35.6 Å². The molecule has 3 rings (SSSR count). The summed E-state index contributed by atoms with van der Waals surface area (Å²) in [7, 11) is 0. The summed E-state index contributed by atoms with van der Waals surface area (Å²) in [6, 6.07) is 6.72. The largest absolute Gasteiger partial charge is 0.378 e. The van der Waals surface area contributed by atoms with Crippen LogP contribution in [-0.4, -0.2) is 31.3 Å². The van der Waals surface area contributed by atoms with Crippen molar-refractivity contribution in [1.29, 1.82) is 0 Å². The molecule has 0 radical (unpaired) electrons. The summed E-state index contributed by atoms with van der Waals surface area (Å²) in [5.74, 6) is 0.506. The van der Waals surface area contributed by atoms with E-state index in [0.29, 0.717) is 18.6 Å². The Hall–Kier alpha value is -1.62. The molecule has 2 atom stereocenters. The fourth-order valence-corrected chi connectivity index (χ4v) is 3.18. The fourth-order valence-electron chi connectivity index (χ4n) is 3.18. The van der Waals surface area contributed by atoms with Gasteiger partial charge in [0.1, 0.15) is 5.82 Å². The number of hydrogen-bond donors (Lipinski definition) is 2. The highest BCUT2D eigenvalue weighted by Crippen LogP contribution is 2.38. The first-order valence-electron chi connectivity index (χ1n) is 8.61. The second kappa shape index (κ2) is 7.77. The number of hydrogen-bond acceptors (Lipinski definition) is 2. The normalized spacial score (nSPS) is 24.2. The van der Waals surface area contributed by atoms with Crippen molar-refractivity contribution < 1.29 is 13.9 Å². The van der Waals surface area contributed by atoms with Gasteiger partial charge in [0, 0.05) is 19.2 Å². The van der Waals surface area contributed by atoms with Crippen LogP contribution in [0, 0.1) is 11.7 Å². The van der Waals surface area contributed by atoms with Crippen LogP contribution in [0.3, 0.4) is 0 Å². The predicted molar refractivity (Wildman–Crippen MR) is 86.7 cm³/mol. The van der Waals surface area contributed by atoms with Crippen LogP contribution in [0.1, 0.15) is 37.7 Å². The van der Waals surface area contributed by atoms with Crippen LogP contribution in [0.25, 0.3) is 0 Å². The number of ether oxygens (including phenoxy) is 1. The Kier molecular flexibility index (Phi) is 5.49. The SMILES string of the molecule is O=C(NCCCc1cccc(F)c1)N[C@H]1CCO[C@H](C2CC2)C1. The Bertz CT molecular complexity index is 534. The van der Waals surface area contributed by atoms with Crippen molar-refractivity contribution in [3.63, 3.8) is 0 Å². The minimum absolute atomic E-state index is 0.106. The molecule has 2 N–H and O–H groups in total. The molecule has 1 aromatic rings. The van der Waals surface area contributed by atoms with Gasteiger partial charge in [0.2, 0.25) is 0 Å². The Labute approximate surface area is 136 Å². The first kappa shape index (κ1) is 16.2. The molecule has 1 saturated carbocycles. The lowest BCUT2D eigenvalue weighted by Gasteiger charge is -2.30. The summed E-state index contributed by atoms with van der Waals surface area (Å²) >= 11 is 0. The second-order valence-electron chi connectivity index (χ2n) is 6.60. The molecule has 4 nitrogen and oxygen atoms in total. The minimum Gasteiger partial charge on any atom is -0.378 e. The average Bonchev–Trinajstić information content (AvgIpc) is 3.37. The number of aryl methyl sites for hydroxylation is 1. The molecule has 1 saturated heterocycles. The van der Waals surface area contributed by atoms with Gasteiger partial charge in [-0.3, -0.25) is 0 Å². The lowest BCUT2D eigenvalue weighted by Crippen LogP contribution is -2.46. The van der Waals surface area contributed by atoms with E-state index in [2.05, 4.69) is 10.6 Å². The van der Waals surface area contributed by atoms with Gasteiger partial charge in [-0.15, -0.1) is 0 Å². The van der Waals surface area contributed by atoms with E-state index in [4.69, 9.17) is 4.74 Å². The third-order valence-electron chi connectivity index (χ3n) is 4.61. The summed E-state index contributed by atoms with van der Waals surface area (Å²) in [5, 5.41) is 5.94. The maximum atomic E-state index is 13.1. The van der Waals surface area contributed by atoms with Crippen molar-refractivity contribution in [3.8, 4) is 0 Å². The Balaban J connectivity index is 1.31. The van der Waals surface area contributed by atoms with E-state index < -0.39 is 0 Å². The molecule has 0 bridgehead atoms. The van der Waals surface area contributed by atoms with Crippen LogP contribution in [-0.2, 0) is 11.2 Å². The van der Waals surface area contributed by atoms with Gasteiger partial charge in [-0.05, 0) is 62.1 Å². The summed E-state index contributed by atoms with van der Waals surface area (Å²) < 4.78 is 18.8. The Morgan fingerprint density at radius 3 is 2.96 bits per heavy atom. The molecule has 1 aromatic carbocycles. The number of benzene rings is 1. The zero-order valence-corrected chi connectivity index (χ0v) is 13.4. The van der Waals surface area contributed by atoms with Crippen molar-refractivity contribution in [2.24, 2.45) is 5.92 Å². The van der Waals surface area contributed by atoms with E-state index in [1.54, 1.807) is 12.1 Å². The number of nitrogens with one attached hydrogen (secondary N) is 2. The predicted octanol–water partition coefficient (Wildman–Crippen LogP) is 3.02. The molecule has 0 aromatic heterocycles. The second-order valence-corrected chi connectivity index (χ2v) is 6.60. The zero-order chi connectivity index (χ0) is 16.1.